The average molecular weight is 372 g/mol. The number of halogens is 3. The normalized spacial score (nSPS) is 13.8. The molecule has 1 saturated carbocycles. The predicted octanol–water partition coefficient (Wildman–Crippen LogP) is 5.00. The molecular formula is C20H15F3N2O2. The van der Waals surface area contributed by atoms with Crippen molar-refractivity contribution in [2.45, 2.75) is 18.8 Å². The SMILES string of the molecule is CN(c1ccc(F)cc1)c1c(C(=O)O)c(C2CC2)nc2cc(F)c(F)cc12. The third kappa shape index (κ3) is 2.99. The maximum absolute atomic E-state index is 13.9. The smallest absolute Gasteiger partial charge is 0.339 e. The van der Waals surface area contributed by atoms with E-state index in [4.69, 9.17) is 0 Å². The highest BCUT2D eigenvalue weighted by molar-refractivity contribution is 6.07. The van der Waals surface area contributed by atoms with Crippen LogP contribution >= 0.6 is 0 Å². The van der Waals surface area contributed by atoms with E-state index in [2.05, 4.69) is 4.98 Å². The third-order valence-corrected chi connectivity index (χ3v) is 4.75. The first-order chi connectivity index (χ1) is 12.9. The molecule has 0 aliphatic heterocycles. The number of carboxylic acids is 1. The van der Waals surface area contributed by atoms with Gasteiger partial charge in [-0.25, -0.2) is 18.0 Å². The van der Waals surface area contributed by atoms with Crippen molar-refractivity contribution in [2.75, 3.05) is 11.9 Å². The molecule has 2 aromatic carbocycles. The number of aromatic nitrogens is 1. The number of hydrogen-bond donors (Lipinski definition) is 1. The van der Waals surface area contributed by atoms with Crippen molar-refractivity contribution in [3.05, 3.63) is 65.1 Å². The molecule has 0 saturated heterocycles. The molecule has 7 heteroatoms. The van der Waals surface area contributed by atoms with E-state index in [1.807, 2.05) is 0 Å². The number of carbonyl (C=O) groups is 1. The molecule has 1 aromatic heterocycles. The lowest BCUT2D eigenvalue weighted by Gasteiger charge is -2.25. The van der Waals surface area contributed by atoms with Gasteiger partial charge in [0.1, 0.15) is 11.4 Å². The summed E-state index contributed by atoms with van der Waals surface area (Å²) in [6.45, 7) is 0. The van der Waals surface area contributed by atoms with Crippen LogP contribution in [0.2, 0.25) is 0 Å². The highest BCUT2D eigenvalue weighted by Gasteiger charge is 2.34. The fourth-order valence-electron chi connectivity index (χ4n) is 3.27. The van der Waals surface area contributed by atoms with Crippen LogP contribution in [0.15, 0.2) is 36.4 Å². The van der Waals surface area contributed by atoms with Crippen molar-refractivity contribution >= 4 is 28.2 Å². The fourth-order valence-corrected chi connectivity index (χ4v) is 3.27. The highest BCUT2D eigenvalue weighted by Crippen LogP contribution is 2.45. The minimum Gasteiger partial charge on any atom is -0.478 e. The van der Waals surface area contributed by atoms with Crippen molar-refractivity contribution in [1.29, 1.82) is 0 Å². The van der Waals surface area contributed by atoms with Gasteiger partial charge in [-0.3, -0.25) is 4.98 Å². The molecule has 0 atom stereocenters. The van der Waals surface area contributed by atoms with E-state index < -0.39 is 23.4 Å². The van der Waals surface area contributed by atoms with Gasteiger partial charge >= 0.3 is 5.97 Å². The summed E-state index contributed by atoms with van der Waals surface area (Å²) in [4.78, 5) is 17.9. The Balaban J connectivity index is 2.05. The number of aromatic carboxylic acids is 1. The standard InChI is InChI=1S/C20H15F3N2O2/c1-25(12-6-4-11(21)5-7-12)19-13-8-14(22)15(23)9-16(13)24-18(10-2-3-10)17(19)20(26)27/h4-10H,2-3H2,1H3,(H,26,27). The molecule has 27 heavy (non-hydrogen) atoms. The van der Waals surface area contributed by atoms with E-state index >= 15 is 0 Å². The van der Waals surface area contributed by atoms with E-state index in [0.717, 1.165) is 25.0 Å². The quantitative estimate of drug-likeness (QED) is 0.701. The summed E-state index contributed by atoms with van der Waals surface area (Å²) in [6.07, 6.45) is 1.59. The molecule has 138 valence electrons. The summed E-state index contributed by atoms with van der Waals surface area (Å²) in [5.41, 5.74) is 1.23. The largest absolute Gasteiger partial charge is 0.478 e. The molecule has 1 fully saturated rings. The van der Waals surface area contributed by atoms with E-state index in [9.17, 15) is 23.1 Å². The summed E-state index contributed by atoms with van der Waals surface area (Å²) in [7, 11) is 1.60. The maximum Gasteiger partial charge on any atom is 0.339 e. The molecule has 4 nitrogen and oxygen atoms in total. The molecule has 0 bridgehead atoms. The van der Waals surface area contributed by atoms with Crippen LogP contribution in [0.25, 0.3) is 10.9 Å². The number of anilines is 2. The van der Waals surface area contributed by atoms with Gasteiger partial charge in [-0.05, 0) is 43.2 Å². The minimum absolute atomic E-state index is 0.0195. The van der Waals surface area contributed by atoms with Gasteiger partial charge in [0.05, 0.1) is 16.9 Å². The van der Waals surface area contributed by atoms with Crippen LogP contribution < -0.4 is 4.90 Å². The van der Waals surface area contributed by atoms with Crippen molar-refractivity contribution in [2.24, 2.45) is 0 Å². The van der Waals surface area contributed by atoms with Gasteiger partial charge in [0, 0.05) is 30.1 Å². The first-order valence-corrected chi connectivity index (χ1v) is 8.42. The molecule has 1 heterocycles. The molecule has 0 radical (unpaired) electrons. The van der Waals surface area contributed by atoms with E-state index in [1.165, 1.54) is 29.2 Å². The van der Waals surface area contributed by atoms with Crippen LogP contribution in [0.5, 0.6) is 0 Å². The minimum atomic E-state index is -1.19. The fraction of sp³-hybridized carbons (Fsp3) is 0.200. The van der Waals surface area contributed by atoms with Gasteiger partial charge in [-0.1, -0.05) is 0 Å². The van der Waals surface area contributed by atoms with Crippen LogP contribution in [0, 0.1) is 17.5 Å². The number of hydrogen-bond acceptors (Lipinski definition) is 3. The Kier molecular flexibility index (Phi) is 4.02. The molecule has 3 aromatic rings. The molecule has 0 spiro atoms. The number of carboxylic acid groups (broad SMARTS) is 1. The first-order valence-electron chi connectivity index (χ1n) is 8.42. The Hall–Kier alpha value is -3.09. The summed E-state index contributed by atoms with van der Waals surface area (Å²) in [5.74, 6) is -3.78. The van der Waals surface area contributed by atoms with Gasteiger partial charge in [0.2, 0.25) is 0 Å². The topological polar surface area (TPSA) is 53.4 Å². The van der Waals surface area contributed by atoms with Crippen LogP contribution in [0.4, 0.5) is 24.5 Å². The zero-order valence-corrected chi connectivity index (χ0v) is 14.3. The van der Waals surface area contributed by atoms with Crippen molar-refractivity contribution in [3.63, 3.8) is 0 Å². The second-order valence-corrected chi connectivity index (χ2v) is 6.62. The van der Waals surface area contributed by atoms with Crippen molar-refractivity contribution < 1.29 is 23.1 Å². The Morgan fingerprint density at radius 2 is 1.74 bits per heavy atom. The second-order valence-electron chi connectivity index (χ2n) is 6.62. The molecule has 1 N–H and O–H groups in total. The number of rotatable bonds is 4. The van der Waals surface area contributed by atoms with Gasteiger partial charge < -0.3 is 10.0 Å². The van der Waals surface area contributed by atoms with Gasteiger partial charge in [-0.2, -0.15) is 0 Å². The lowest BCUT2D eigenvalue weighted by atomic mass is 10.0. The first kappa shape index (κ1) is 17.3. The molecule has 1 aliphatic rings. The Bertz CT molecular complexity index is 1060. The Morgan fingerprint density at radius 3 is 2.33 bits per heavy atom. The van der Waals surface area contributed by atoms with E-state index in [-0.39, 0.29) is 28.1 Å². The molecular weight excluding hydrogens is 357 g/mol. The summed E-state index contributed by atoms with van der Waals surface area (Å²) in [6, 6.07) is 7.41. The van der Waals surface area contributed by atoms with Crippen LogP contribution in [0.1, 0.15) is 34.8 Å². The van der Waals surface area contributed by atoms with E-state index in [1.54, 1.807) is 7.05 Å². The van der Waals surface area contributed by atoms with Crippen molar-refractivity contribution in [1.82, 2.24) is 4.98 Å². The summed E-state index contributed by atoms with van der Waals surface area (Å²) < 4.78 is 41.0. The summed E-state index contributed by atoms with van der Waals surface area (Å²) >= 11 is 0. The Labute approximate surface area is 152 Å². The average Bonchev–Trinajstić information content (AvgIpc) is 3.46. The van der Waals surface area contributed by atoms with E-state index in [0.29, 0.717) is 11.4 Å². The van der Waals surface area contributed by atoms with Gasteiger partial charge in [0.25, 0.3) is 0 Å². The third-order valence-electron chi connectivity index (χ3n) is 4.75. The van der Waals surface area contributed by atoms with Crippen molar-refractivity contribution in [3.8, 4) is 0 Å². The maximum atomic E-state index is 13.9. The zero-order valence-electron chi connectivity index (χ0n) is 14.3. The molecule has 4 rings (SSSR count). The molecule has 0 amide bonds. The monoisotopic (exact) mass is 372 g/mol. The molecule has 0 unspecified atom stereocenters. The zero-order chi connectivity index (χ0) is 19.3. The number of benzene rings is 2. The van der Waals surface area contributed by atoms with Gasteiger partial charge in [0.15, 0.2) is 11.6 Å². The van der Waals surface area contributed by atoms with Gasteiger partial charge in [-0.15, -0.1) is 0 Å². The molecule has 1 aliphatic carbocycles. The lowest BCUT2D eigenvalue weighted by Crippen LogP contribution is -2.18. The summed E-state index contributed by atoms with van der Waals surface area (Å²) in [5, 5.41) is 10.0. The van der Waals surface area contributed by atoms with Crippen LogP contribution in [-0.2, 0) is 0 Å². The Morgan fingerprint density at radius 1 is 1.11 bits per heavy atom. The lowest BCUT2D eigenvalue weighted by molar-refractivity contribution is 0.0696. The highest BCUT2D eigenvalue weighted by atomic mass is 19.2. The number of pyridine rings is 1. The van der Waals surface area contributed by atoms with Crippen LogP contribution in [-0.4, -0.2) is 23.1 Å². The second kappa shape index (κ2) is 6.26. The predicted molar refractivity (Wildman–Crippen MR) is 95.1 cm³/mol. The van der Waals surface area contributed by atoms with Crippen LogP contribution in [0.3, 0.4) is 0 Å². The number of fused-ring (bicyclic) bond motifs is 1. The number of nitrogens with zero attached hydrogens (tertiary/aromatic N) is 2.